The Labute approximate surface area is 117 Å². The molecule has 0 atom stereocenters. The molecule has 0 saturated carbocycles. The maximum absolute atomic E-state index is 11.5. The summed E-state index contributed by atoms with van der Waals surface area (Å²) >= 11 is 1.43. The molecule has 108 valence electrons. The van der Waals surface area contributed by atoms with Crippen LogP contribution in [0.2, 0.25) is 0 Å². The van der Waals surface area contributed by atoms with Crippen LogP contribution in [0.15, 0.2) is 12.1 Å². The molecule has 1 aromatic rings. The third-order valence-electron chi connectivity index (χ3n) is 2.90. The number of aliphatic carboxylic acids is 1. The molecule has 0 unspecified atom stereocenters. The normalized spacial score (nSPS) is 12.6. The van der Waals surface area contributed by atoms with E-state index in [2.05, 4.69) is 5.32 Å². The number of thiophene rings is 1. The van der Waals surface area contributed by atoms with Crippen LogP contribution in [0.25, 0.3) is 0 Å². The van der Waals surface area contributed by atoms with Crippen molar-refractivity contribution in [2.75, 3.05) is 12.8 Å². The SMILES string of the molecule is CC(C)(CNCc1ccc(CC(=O)O)s1)S(C)(=O)=O. The van der Waals surface area contributed by atoms with Gasteiger partial charge in [-0.05, 0) is 26.0 Å². The summed E-state index contributed by atoms with van der Waals surface area (Å²) in [5.74, 6) is -0.848. The van der Waals surface area contributed by atoms with Crippen LogP contribution in [0.4, 0.5) is 0 Å². The lowest BCUT2D eigenvalue weighted by molar-refractivity contribution is -0.136. The van der Waals surface area contributed by atoms with E-state index in [1.807, 2.05) is 6.07 Å². The summed E-state index contributed by atoms with van der Waals surface area (Å²) in [7, 11) is -3.10. The van der Waals surface area contributed by atoms with Crippen LogP contribution in [-0.2, 0) is 27.6 Å². The molecular weight excluding hydrogens is 286 g/mol. The van der Waals surface area contributed by atoms with Gasteiger partial charge in [-0.2, -0.15) is 0 Å². The van der Waals surface area contributed by atoms with Gasteiger partial charge in [-0.3, -0.25) is 4.79 Å². The molecule has 0 spiro atoms. The van der Waals surface area contributed by atoms with E-state index in [9.17, 15) is 13.2 Å². The van der Waals surface area contributed by atoms with Crippen molar-refractivity contribution >= 4 is 27.1 Å². The molecule has 2 N–H and O–H groups in total. The maximum atomic E-state index is 11.5. The second-order valence-electron chi connectivity index (χ2n) is 5.07. The minimum atomic E-state index is -3.10. The van der Waals surface area contributed by atoms with Crippen molar-refractivity contribution in [1.29, 1.82) is 0 Å². The quantitative estimate of drug-likeness (QED) is 0.793. The standard InChI is InChI=1S/C12H19NO4S2/c1-12(2,19(3,16)17)8-13-7-10-5-4-9(18-10)6-11(14)15/h4-5,13H,6-8H2,1-3H3,(H,14,15). The van der Waals surface area contributed by atoms with Gasteiger partial charge in [-0.25, -0.2) is 8.42 Å². The molecule has 0 aliphatic heterocycles. The number of sulfone groups is 1. The highest BCUT2D eigenvalue weighted by Gasteiger charge is 2.29. The Balaban J connectivity index is 2.50. The first-order valence-corrected chi connectivity index (χ1v) is 8.52. The van der Waals surface area contributed by atoms with Gasteiger partial charge in [-0.15, -0.1) is 11.3 Å². The minimum Gasteiger partial charge on any atom is -0.481 e. The van der Waals surface area contributed by atoms with Crippen LogP contribution in [0, 0.1) is 0 Å². The number of carboxylic acids is 1. The van der Waals surface area contributed by atoms with Crippen LogP contribution >= 0.6 is 11.3 Å². The van der Waals surface area contributed by atoms with E-state index in [0.29, 0.717) is 13.1 Å². The van der Waals surface area contributed by atoms with E-state index in [0.717, 1.165) is 9.75 Å². The zero-order chi connectivity index (χ0) is 14.7. The van der Waals surface area contributed by atoms with Crippen molar-refractivity contribution in [2.24, 2.45) is 0 Å². The molecule has 0 radical (unpaired) electrons. The van der Waals surface area contributed by atoms with Crippen molar-refractivity contribution < 1.29 is 18.3 Å². The smallest absolute Gasteiger partial charge is 0.308 e. The first-order valence-electron chi connectivity index (χ1n) is 5.81. The van der Waals surface area contributed by atoms with Crippen molar-refractivity contribution in [3.05, 3.63) is 21.9 Å². The number of rotatable bonds is 7. The average molecular weight is 305 g/mol. The summed E-state index contributed by atoms with van der Waals surface area (Å²) in [5, 5.41) is 11.8. The maximum Gasteiger partial charge on any atom is 0.308 e. The van der Waals surface area contributed by atoms with E-state index in [4.69, 9.17) is 5.11 Å². The third-order valence-corrected chi connectivity index (χ3v) is 6.13. The molecule has 7 heteroatoms. The Morgan fingerprint density at radius 3 is 2.47 bits per heavy atom. The third kappa shape index (κ3) is 4.93. The zero-order valence-corrected chi connectivity index (χ0v) is 12.9. The highest BCUT2D eigenvalue weighted by molar-refractivity contribution is 7.92. The van der Waals surface area contributed by atoms with Gasteiger partial charge in [0.25, 0.3) is 0 Å². The van der Waals surface area contributed by atoms with Crippen molar-refractivity contribution in [2.45, 2.75) is 31.6 Å². The first kappa shape index (κ1) is 16.1. The highest BCUT2D eigenvalue weighted by atomic mass is 32.2. The molecule has 0 aliphatic rings. The van der Waals surface area contributed by atoms with E-state index >= 15 is 0 Å². The van der Waals surface area contributed by atoms with E-state index in [1.54, 1.807) is 19.9 Å². The predicted molar refractivity (Wildman–Crippen MR) is 76.3 cm³/mol. The fourth-order valence-electron chi connectivity index (χ4n) is 1.38. The van der Waals surface area contributed by atoms with Crippen molar-refractivity contribution in [3.8, 4) is 0 Å². The molecule has 19 heavy (non-hydrogen) atoms. The number of hydrogen-bond acceptors (Lipinski definition) is 5. The lowest BCUT2D eigenvalue weighted by Gasteiger charge is -2.22. The fraction of sp³-hybridized carbons (Fsp3) is 0.583. The Morgan fingerprint density at radius 1 is 1.37 bits per heavy atom. The second kappa shape index (κ2) is 6.02. The Morgan fingerprint density at radius 2 is 1.95 bits per heavy atom. The Bertz CT molecular complexity index is 546. The molecular formula is C12H19NO4S2. The molecule has 1 heterocycles. The summed E-state index contributed by atoms with van der Waals surface area (Å²) in [6.07, 6.45) is 1.25. The summed E-state index contributed by atoms with van der Waals surface area (Å²) in [6.45, 7) is 4.26. The van der Waals surface area contributed by atoms with Gasteiger partial charge in [0.15, 0.2) is 9.84 Å². The van der Waals surface area contributed by atoms with Crippen LogP contribution < -0.4 is 5.32 Å². The van der Waals surface area contributed by atoms with Crippen LogP contribution in [0.3, 0.4) is 0 Å². The molecule has 1 aromatic heterocycles. The van der Waals surface area contributed by atoms with Gasteiger partial charge >= 0.3 is 5.97 Å². The minimum absolute atomic E-state index is 0.0273. The number of nitrogens with one attached hydrogen (secondary N) is 1. The van der Waals surface area contributed by atoms with Crippen LogP contribution in [0.1, 0.15) is 23.6 Å². The lowest BCUT2D eigenvalue weighted by atomic mass is 10.2. The number of hydrogen-bond donors (Lipinski definition) is 2. The predicted octanol–water partition coefficient (Wildman–Crippen LogP) is 1.29. The van der Waals surface area contributed by atoms with E-state index < -0.39 is 20.6 Å². The van der Waals surface area contributed by atoms with Gasteiger partial charge in [0.2, 0.25) is 0 Å². The molecule has 0 aliphatic carbocycles. The fourth-order valence-corrected chi connectivity index (χ4v) is 2.72. The summed E-state index contributed by atoms with van der Waals surface area (Å²) in [4.78, 5) is 12.4. The number of carboxylic acid groups (broad SMARTS) is 1. The van der Waals surface area contributed by atoms with Crippen molar-refractivity contribution in [1.82, 2.24) is 5.32 Å². The average Bonchev–Trinajstić information content (AvgIpc) is 2.62. The molecule has 5 nitrogen and oxygen atoms in total. The van der Waals surface area contributed by atoms with E-state index in [-0.39, 0.29) is 6.42 Å². The van der Waals surface area contributed by atoms with Gasteiger partial charge in [0.1, 0.15) is 0 Å². The van der Waals surface area contributed by atoms with Gasteiger partial charge < -0.3 is 10.4 Å². The van der Waals surface area contributed by atoms with Crippen LogP contribution in [-0.4, -0.2) is 37.0 Å². The molecule has 1 rings (SSSR count). The molecule has 0 bridgehead atoms. The molecule has 0 amide bonds. The number of carbonyl (C=O) groups is 1. The molecule has 0 aromatic carbocycles. The highest BCUT2D eigenvalue weighted by Crippen LogP contribution is 2.18. The topological polar surface area (TPSA) is 83.5 Å². The summed E-state index contributed by atoms with van der Waals surface area (Å²) in [6, 6.07) is 3.65. The molecule has 0 fully saturated rings. The Hall–Kier alpha value is -0.920. The van der Waals surface area contributed by atoms with Gasteiger partial charge in [0, 0.05) is 29.1 Å². The van der Waals surface area contributed by atoms with E-state index in [1.165, 1.54) is 17.6 Å². The van der Waals surface area contributed by atoms with Crippen LogP contribution in [0.5, 0.6) is 0 Å². The summed E-state index contributed by atoms with van der Waals surface area (Å²) in [5.41, 5.74) is 0. The molecule has 0 saturated heterocycles. The van der Waals surface area contributed by atoms with Gasteiger partial charge in [-0.1, -0.05) is 0 Å². The first-order chi connectivity index (χ1) is 8.62. The second-order valence-corrected chi connectivity index (χ2v) is 8.98. The lowest BCUT2D eigenvalue weighted by Crippen LogP contribution is -2.41. The van der Waals surface area contributed by atoms with Crippen molar-refractivity contribution in [3.63, 3.8) is 0 Å². The Kier molecular flexibility index (Phi) is 5.11. The monoisotopic (exact) mass is 305 g/mol. The summed E-state index contributed by atoms with van der Waals surface area (Å²) < 4.78 is 22.2. The zero-order valence-electron chi connectivity index (χ0n) is 11.3. The largest absolute Gasteiger partial charge is 0.481 e. The van der Waals surface area contributed by atoms with Gasteiger partial charge in [0.05, 0.1) is 11.2 Å².